The number of ether oxygens (including phenoxy) is 1. The fraction of sp³-hybridized carbons (Fsp3) is 0.290. The lowest BCUT2D eigenvalue weighted by Crippen LogP contribution is -2.34. The molecule has 0 saturated heterocycles. The van der Waals surface area contributed by atoms with Gasteiger partial charge in [0.25, 0.3) is 0 Å². The number of nitrogens with zero attached hydrogens (tertiary/aromatic N) is 2. The normalized spacial score (nSPS) is 12.2. The zero-order chi connectivity index (χ0) is 30.4. The molecule has 0 aliphatic heterocycles. The summed E-state index contributed by atoms with van der Waals surface area (Å²) >= 11 is 0. The summed E-state index contributed by atoms with van der Waals surface area (Å²) in [5.74, 6) is -1.38. The molecule has 0 spiro atoms. The molecule has 217 valence electrons. The SMILES string of the molecule is CCC(=C(c1ccc(OCCN(C)C)cc1)c1ccc(C(C(=O)O)N(C)CC(=O)O)cc1)c1ccccc1.O[B]O. The van der Waals surface area contributed by atoms with Gasteiger partial charge >= 0.3 is 19.6 Å². The second-order valence-electron chi connectivity index (χ2n) is 9.54. The van der Waals surface area contributed by atoms with Crippen LogP contribution < -0.4 is 4.74 Å². The third-order valence-corrected chi connectivity index (χ3v) is 6.30. The van der Waals surface area contributed by atoms with Crippen LogP contribution in [0.15, 0.2) is 78.9 Å². The van der Waals surface area contributed by atoms with Crippen LogP contribution in [-0.4, -0.2) is 90.5 Å². The number of carboxylic acid groups (broad SMARTS) is 2. The first kappa shape index (κ1) is 33.3. The Bertz CT molecular complexity index is 1260. The van der Waals surface area contributed by atoms with E-state index in [1.807, 2.05) is 68.7 Å². The second-order valence-corrected chi connectivity index (χ2v) is 9.54. The molecule has 3 aromatic carbocycles. The van der Waals surface area contributed by atoms with Gasteiger partial charge in [-0.3, -0.25) is 14.5 Å². The molecule has 0 heterocycles. The predicted octanol–water partition coefficient (Wildman–Crippen LogP) is 3.64. The molecule has 4 N–H and O–H groups in total. The van der Waals surface area contributed by atoms with Gasteiger partial charge < -0.3 is 29.9 Å². The zero-order valence-corrected chi connectivity index (χ0v) is 23.9. The van der Waals surface area contributed by atoms with Crippen molar-refractivity contribution in [1.29, 1.82) is 0 Å². The molecule has 41 heavy (non-hydrogen) atoms. The first-order valence-electron chi connectivity index (χ1n) is 13.1. The highest BCUT2D eigenvalue weighted by atomic mass is 16.5. The van der Waals surface area contributed by atoms with Crippen molar-refractivity contribution >= 4 is 30.8 Å². The standard InChI is InChI=1S/C31H36N2O5.BH2O2/c1-5-27(22-9-7-6-8-10-22)29(24-15-17-26(18-16-24)38-20-19-32(2)3)23-11-13-25(14-12-23)30(31(36)37)33(4)21-28(34)35;2-1-3/h6-18,30H,5,19-21H2,1-4H3,(H,34,35)(H,36,37);2-3H. The van der Waals surface area contributed by atoms with E-state index < -0.39 is 18.0 Å². The highest BCUT2D eigenvalue weighted by Gasteiger charge is 2.26. The molecule has 3 aromatic rings. The Labute approximate surface area is 242 Å². The summed E-state index contributed by atoms with van der Waals surface area (Å²) in [5, 5.41) is 32.9. The Balaban J connectivity index is 0.00000187. The van der Waals surface area contributed by atoms with Gasteiger partial charge in [0.1, 0.15) is 18.4 Å². The third-order valence-electron chi connectivity index (χ3n) is 6.30. The van der Waals surface area contributed by atoms with Gasteiger partial charge in [0.2, 0.25) is 0 Å². The Hall–Kier alpha value is -3.96. The fourth-order valence-corrected chi connectivity index (χ4v) is 4.47. The van der Waals surface area contributed by atoms with Crippen molar-refractivity contribution in [3.63, 3.8) is 0 Å². The number of carbonyl (C=O) groups is 2. The molecule has 0 bridgehead atoms. The average molecular weight is 561 g/mol. The lowest BCUT2D eigenvalue weighted by molar-refractivity contribution is -0.145. The van der Waals surface area contributed by atoms with Gasteiger partial charge in [-0.05, 0) is 73.1 Å². The van der Waals surface area contributed by atoms with Gasteiger partial charge in [0, 0.05) is 6.54 Å². The molecule has 3 rings (SSSR count). The highest BCUT2D eigenvalue weighted by Crippen LogP contribution is 2.35. The van der Waals surface area contributed by atoms with Crippen LogP contribution in [0.1, 0.15) is 41.6 Å². The number of allylic oxidation sites excluding steroid dienone is 1. The van der Waals surface area contributed by atoms with Crippen LogP contribution in [0.3, 0.4) is 0 Å². The molecule has 1 atom stereocenters. The summed E-state index contributed by atoms with van der Waals surface area (Å²) in [4.78, 5) is 26.5. The maximum absolute atomic E-state index is 12.0. The van der Waals surface area contributed by atoms with Crippen LogP contribution in [0.5, 0.6) is 5.75 Å². The molecule has 0 fully saturated rings. The molecule has 10 heteroatoms. The van der Waals surface area contributed by atoms with Gasteiger partial charge in [-0.25, -0.2) is 0 Å². The summed E-state index contributed by atoms with van der Waals surface area (Å²) in [6.45, 7) is 3.17. The van der Waals surface area contributed by atoms with E-state index in [-0.39, 0.29) is 14.2 Å². The number of hydrogen-bond donors (Lipinski definition) is 4. The van der Waals surface area contributed by atoms with E-state index in [1.54, 1.807) is 12.1 Å². The number of benzene rings is 3. The van der Waals surface area contributed by atoms with Crippen molar-refractivity contribution in [2.75, 3.05) is 40.8 Å². The zero-order valence-electron chi connectivity index (χ0n) is 23.9. The highest BCUT2D eigenvalue weighted by molar-refractivity contribution is 6.13. The number of hydrogen-bond acceptors (Lipinski definition) is 7. The largest absolute Gasteiger partial charge is 0.492 e. The molecule has 0 saturated carbocycles. The molecular formula is C31H38BN2O7. The molecule has 1 unspecified atom stereocenters. The molecule has 9 nitrogen and oxygen atoms in total. The van der Waals surface area contributed by atoms with E-state index in [1.165, 1.54) is 11.9 Å². The van der Waals surface area contributed by atoms with Crippen LogP contribution in [0.25, 0.3) is 11.1 Å². The van der Waals surface area contributed by atoms with Crippen LogP contribution in [-0.2, 0) is 9.59 Å². The van der Waals surface area contributed by atoms with Crippen LogP contribution in [0, 0.1) is 0 Å². The minimum Gasteiger partial charge on any atom is -0.492 e. The number of likely N-dealkylation sites (N-methyl/N-ethyl adjacent to an activating group) is 2. The van der Waals surface area contributed by atoms with Crippen molar-refractivity contribution in [3.05, 3.63) is 101 Å². The number of aliphatic carboxylic acids is 2. The predicted molar refractivity (Wildman–Crippen MR) is 160 cm³/mol. The second kappa shape index (κ2) is 17.0. The molecule has 0 aromatic heterocycles. The molecule has 0 aliphatic rings. The fourth-order valence-electron chi connectivity index (χ4n) is 4.47. The molecule has 1 radical (unpaired) electrons. The van der Waals surface area contributed by atoms with Crippen LogP contribution in [0.4, 0.5) is 0 Å². The van der Waals surface area contributed by atoms with E-state index in [9.17, 15) is 14.7 Å². The van der Waals surface area contributed by atoms with Crippen molar-refractivity contribution in [3.8, 4) is 5.75 Å². The molecule has 0 amide bonds. The van der Waals surface area contributed by atoms with Crippen molar-refractivity contribution in [2.24, 2.45) is 0 Å². The summed E-state index contributed by atoms with van der Waals surface area (Å²) < 4.78 is 5.88. The average Bonchev–Trinajstić information content (AvgIpc) is 2.93. The van der Waals surface area contributed by atoms with E-state index in [2.05, 4.69) is 24.0 Å². The summed E-state index contributed by atoms with van der Waals surface area (Å²) in [5.41, 5.74) is 5.82. The third kappa shape index (κ3) is 10.2. The van der Waals surface area contributed by atoms with Gasteiger partial charge in [-0.15, -0.1) is 0 Å². The lowest BCUT2D eigenvalue weighted by atomic mass is 9.87. The summed E-state index contributed by atoms with van der Waals surface area (Å²) in [6, 6.07) is 24.5. The minimum absolute atomic E-state index is 0. The van der Waals surface area contributed by atoms with E-state index >= 15 is 0 Å². The van der Waals surface area contributed by atoms with Crippen LogP contribution in [0.2, 0.25) is 0 Å². The smallest absolute Gasteiger partial charge is 0.482 e. The van der Waals surface area contributed by atoms with Gasteiger partial charge in [0.15, 0.2) is 0 Å². The number of rotatable bonds is 13. The monoisotopic (exact) mass is 561 g/mol. The first-order chi connectivity index (χ1) is 19.6. The van der Waals surface area contributed by atoms with Crippen molar-refractivity contribution in [1.82, 2.24) is 9.80 Å². The van der Waals surface area contributed by atoms with Crippen LogP contribution >= 0.6 is 0 Å². The van der Waals surface area contributed by atoms with Gasteiger partial charge in [-0.2, -0.15) is 0 Å². The van der Waals surface area contributed by atoms with Crippen molar-refractivity contribution < 1.29 is 34.6 Å². The molecule has 0 aliphatic carbocycles. The molecular weight excluding hydrogens is 523 g/mol. The maximum atomic E-state index is 12.0. The van der Waals surface area contributed by atoms with E-state index in [4.69, 9.17) is 19.9 Å². The quantitative estimate of drug-likeness (QED) is 0.183. The lowest BCUT2D eigenvalue weighted by Gasteiger charge is -2.24. The first-order valence-corrected chi connectivity index (χ1v) is 13.1. The van der Waals surface area contributed by atoms with Gasteiger partial charge in [0.05, 0.1) is 6.54 Å². The minimum atomic E-state index is -1.10. The van der Waals surface area contributed by atoms with Crippen molar-refractivity contribution in [2.45, 2.75) is 19.4 Å². The summed E-state index contributed by atoms with van der Waals surface area (Å²) in [7, 11) is 5.51. The Kier molecular flexibility index (Phi) is 13.8. The Morgan fingerprint density at radius 2 is 1.37 bits per heavy atom. The van der Waals surface area contributed by atoms with E-state index in [0.29, 0.717) is 12.2 Å². The Morgan fingerprint density at radius 3 is 1.83 bits per heavy atom. The number of carboxylic acids is 2. The topological polar surface area (TPSA) is 131 Å². The van der Waals surface area contributed by atoms with E-state index in [0.717, 1.165) is 46.6 Å². The Morgan fingerprint density at radius 1 is 0.829 bits per heavy atom. The maximum Gasteiger partial charge on any atom is 0.482 e. The summed E-state index contributed by atoms with van der Waals surface area (Å²) in [6.07, 6.45) is 0.793. The van der Waals surface area contributed by atoms with Gasteiger partial charge in [-0.1, -0.05) is 73.7 Å².